The average molecular weight is 242 g/mol. The highest BCUT2D eigenvalue weighted by Crippen LogP contribution is 2.21. The first-order valence-corrected chi connectivity index (χ1v) is 7.37. The number of ether oxygens (including phenoxy) is 1. The zero-order valence-electron chi connectivity index (χ0n) is 11.8. The molecule has 0 aliphatic carbocycles. The van der Waals surface area contributed by atoms with E-state index in [1.165, 1.54) is 25.7 Å². The molecule has 0 radical (unpaired) electrons. The Morgan fingerprint density at radius 2 is 1.94 bits per heavy atom. The van der Waals surface area contributed by atoms with Gasteiger partial charge < -0.3 is 9.84 Å². The van der Waals surface area contributed by atoms with Crippen LogP contribution in [0, 0.1) is 11.8 Å². The quantitative estimate of drug-likeness (QED) is 0.736. The van der Waals surface area contributed by atoms with Crippen LogP contribution in [0.3, 0.4) is 0 Å². The first-order valence-electron chi connectivity index (χ1n) is 7.37. The minimum atomic E-state index is -0.130. The van der Waals surface area contributed by atoms with Gasteiger partial charge in [0.25, 0.3) is 0 Å². The van der Waals surface area contributed by atoms with Crippen molar-refractivity contribution in [2.75, 3.05) is 6.61 Å². The molecule has 0 aromatic heterocycles. The van der Waals surface area contributed by atoms with Crippen molar-refractivity contribution in [2.45, 2.75) is 77.9 Å². The van der Waals surface area contributed by atoms with Crippen LogP contribution in [0.4, 0.5) is 0 Å². The second-order valence-electron chi connectivity index (χ2n) is 6.19. The molecular weight excluding hydrogens is 212 g/mol. The van der Waals surface area contributed by atoms with E-state index in [0.29, 0.717) is 12.0 Å². The van der Waals surface area contributed by atoms with E-state index in [9.17, 15) is 5.11 Å². The number of aliphatic hydroxyl groups is 1. The lowest BCUT2D eigenvalue weighted by Crippen LogP contribution is -2.22. The van der Waals surface area contributed by atoms with Crippen LogP contribution in [0.1, 0.15) is 65.7 Å². The third-order valence-electron chi connectivity index (χ3n) is 3.64. The van der Waals surface area contributed by atoms with Gasteiger partial charge in [0.05, 0.1) is 12.2 Å². The summed E-state index contributed by atoms with van der Waals surface area (Å²) in [5.41, 5.74) is 0. The standard InChI is InChI=1S/C15H30O2/c1-12(2)10-13(3)11-14(16)7-8-15-6-4-5-9-17-15/h12-16H,4-11H2,1-3H3. The fraction of sp³-hybridized carbons (Fsp3) is 1.00. The predicted molar refractivity (Wildman–Crippen MR) is 72.1 cm³/mol. The minimum Gasteiger partial charge on any atom is -0.393 e. The van der Waals surface area contributed by atoms with Crippen LogP contribution in [-0.2, 0) is 4.74 Å². The van der Waals surface area contributed by atoms with E-state index in [1.807, 2.05) is 0 Å². The van der Waals surface area contributed by atoms with E-state index in [4.69, 9.17) is 4.74 Å². The van der Waals surface area contributed by atoms with E-state index in [0.717, 1.165) is 31.8 Å². The molecule has 3 unspecified atom stereocenters. The van der Waals surface area contributed by atoms with Crippen molar-refractivity contribution in [3.05, 3.63) is 0 Å². The Hall–Kier alpha value is -0.0800. The van der Waals surface area contributed by atoms with Crippen molar-refractivity contribution in [2.24, 2.45) is 11.8 Å². The third-order valence-corrected chi connectivity index (χ3v) is 3.64. The molecule has 1 fully saturated rings. The van der Waals surface area contributed by atoms with Crippen LogP contribution in [0.15, 0.2) is 0 Å². The lowest BCUT2D eigenvalue weighted by atomic mass is 9.91. The Kier molecular flexibility index (Phi) is 7.14. The van der Waals surface area contributed by atoms with Gasteiger partial charge >= 0.3 is 0 Å². The van der Waals surface area contributed by atoms with Gasteiger partial charge in [-0.25, -0.2) is 0 Å². The van der Waals surface area contributed by atoms with Gasteiger partial charge in [-0.15, -0.1) is 0 Å². The number of hydrogen-bond donors (Lipinski definition) is 1. The summed E-state index contributed by atoms with van der Waals surface area (Å²) < 4.78 is 5.69. The smallest absolute Gasteiger partial charge is 0.0576 e. The number of hydrogen-bond acceptors (Lipinski definition) is 2. The summed E-state index contributed by atoms with van der Waals surface area (Å²) >= 11 is 0. The summed E-state index contributed by atoms with van der Waals surface area (Å²) in [5.74, 6) is 1.37. The second-order valence-corrected chi connectivity index (χ2v) is 6.19. The molecule has 0 aromatic rings. The van der Waals surface area contributed by atoms with Gasteiger partial charge in [0.1, 0.15) is 0 Å². The molecule has 1 rings (SSSR count). The Labute approximate surface area is 107 Å². The molecule has 0 amide bonds. The lowest BCUT2D eigenvalue weighted by Gasteiger charge is -2.24. The summed E-state index contributed by atoms with van der Waals surface area (Å²) in [6, 6.07) is 0. The Bertz CT molecular complexity index is 185. The fourth-order valence-corrected chi connectivity index (χ4v) is 2.90. The zero-order valence-corrected chi connectivity index (χ0v) is 11.8. The molecule has 1 N–H and O–H groups in total. The molecule has 0 spiro atoms. The molecule has 17 heavy (non-hydrogen) atoms. The molecule has 102 valence electrons. The lowest BCUT2D eigenvalue weighted by molar-refractivity contribution is 0.000524. The molecule has 1 aliphatic rings. The average Bonchev–Trinajstić information content (AvgIpc) is 2.26. The number of rotatable bonds is 7. The SMILES string of the molecule is CC(C)CC(C)CC(O)CCC1CCCCO1. The Morgan fingerprint density at radius 1 is 1.18 bits per heavy atom. The first kappa shape index (κ1) is 15.0. The minimum absolute atomic E-state index is 0.130. The fourth-order valence-electron chi connectivity index (χ4n) is 2.90. The highest BCUT2D eigenvalue weighted by Gasteiger charge is 2.17. The maximum Gasteiger partial charge on any atom is 0.0576 e. The Balaban J connectivity index is 2.09. The van der Waals surface area contributed by atoms with Crippen LogP contribution < -0.4 is 0 Å². The van der Waals surface area contributed by atoms with Gasteiger partial charge in [-0.3, -0.25) is 0 Å². The van der Waals surface area contributed by atoms with Crippen molar-refractivity contribution in [1.29, 1.82) is 0 Å². The molecule has 1 saturated heterocycles. The van der Waals surface area contributed by atoms with Crippen LogP contribution in [-0.4, -0.2) is 23.9 Å². The van der Waals surface area contributed by atoms with Gasteiger partial charge in [-0.05, 0) is 56.8 Å². The normalized spacial score (nSPS) is 24.9. The molecule has 1 aliphatic heterocycles. The van der Waals surface area contributed by atoms with Crippen molar-refractivity contribution in [1.82, 2.24) is 0 Å². The summed E-state index contributed by atoms with van der Waals surface area (Å²) in [5, 5.41) is 10.0. The molecule has 0 aromatic carbocycles. The Morgan fingerprint density at radius 3 is 2.53 bits per heavy atom. The summed E-state index contributed by atoms with van der Waals surface area (Å²) in [7, 11) is 0. The van der Waals surface area contributed by atoms with E-state index in [2.05, 4.69) is 20.8 Å². The van der Waals surface area contributed by atoms with Gasteiger partial charge in [0, 0.05) is 6.61 Å². The number of aliphatic hydroxyl groups excluding tert-OH is 1. The van der Waals surface area contributed by atoms with Crippen LogP contribution >= 0.6 is 0 Å². The largest absolute Gasteiger partial charge is 0.393 e. The van der Waals surface area contributed by atoms with Crippen molar-refractivity contribution >= 4 is 0 Å². The first-order chi connectivity index (χ1) is 8.08. The third kappa shape index (κ3) is 7.05. The predicted octanol–water partition coefficient (Wildman–Crippen LogP) is 3.77. The van der Waals surface area contributed by atoms with Crippen molar-refractivity contribution < 1.29 is 9.84 Å². The van der Waals surface area contributed by atoms with Gasteiger partial charge in [0.2, 0.25) is 0 Å². The highest BCUT2D eigenvalue weighted by atomic mass is 16.5. The molecule has 3 atom stereocenters. The monoisotopic (exact) mass is 242 g/mol. The maximum atomic E-state index is 10.0. The highest BCUT2D eigenvalue weighted by molar-refractivity contribution is 4.68. The summed E-state index contributed by atoms with van der Waals surface area (Å²) in [6.45, 7) is 7.67. The van der Waals surface area contributed by atoms with Crippen LogP contribution in [0.5, 0.6) is 0 Å². The molecule has 0 bridgehead atoms. The second kappa shape index (κ2) is 8.10. The molecule has 0 saturated carbocycles. The van der Waals surface area contributed by atoms with Gasteiger partial charge in [-0.2, -0.15) is 0 Å². The molecule has 1 heterocycles. The topological polar surface area (TPSA) is 29.5 Å². The van der Waals surface area contributed by atoms with E-state index in [1.54, 1.807) is 0 Å². The van der Waals surface area contributed by atoms with Gasteiger partial charge in [0.15, 0.2) is 0 Å². The van der Waals surface area contributed by atoms with Gasteiger partial charge in [-0.1, -0.05) is 20.8 Å². The summed E-state index contributed by atoms with van der Waals surface area (Å²) in [4.78, 5) is 0. The van der Waals surface area contributed by atoms with Crippen LogP contribution in [0.2, 0.25) is 0 Å². The van der Waals surface area contributed by atoms with E-state index < -0.39 is 0 Å². The van der Waals surface area contributed by atoms with E-state index >= 15 is 0 Å². The van der Waals surface area contributed by atoms with E-state index in [-0.39, 0.29) is 6.10 Å². The molecule has 2 heteroatoms. The molecule has 2 nitrogen and oxygen atoms in total. The van der Waals surface area contributed by atoms with Crippen molar-refractivity contribution in [3.8, 4) is 0 Å². The zero-order chi connectivity index (χ0) is 12.7. The van der Waals surface area contributed by atoms with Crippen LogP contribution in [0.25, 0.3) is 0 Å². The van der Waals surface area contributed by atoms with Crippen molar-refractivity contribution in [3.63, 3.8) is 0 Å². The molecular formula is C15H30O2. The maximum absolute atomic E-state index is 10.0. The summed E-state index contributed by atoms with van der Waals surface area (Å²) in [6.07, 6.45) is 8.10.